The molecule has 0 bridgehead atoms. The zero-order valence-electron chi connectivity index (χ0n) is 22.6. The van der Waals surface area contributed by atoms with Gasteiger partial charge in [0.25, 0.3) is 5.91 Å². The topological polar surface area (TPSA) is 101 Å². The van der Waals surface area contributed by atoms with Gasteiger partial charge in [-0.3, -0.25) is 9.69 Å². The van der Waals surface area contributed by atoms with Crippen molar-refractivity contribution >= 4 is 28.7 Å². The molecule has 2 amide bonds. The minimum Gasteiger partial charge on any atom is -0.465 e. The van der Waals surface area contributed by atoms with Crippen LogP contribution in [0, 0.1) is 11.8 Å². The van der Waals surface area contributed by atoms with Crippen molar-refractivity contribution in [3.05, 3.63) is 35.9 Å². The highest BCUT2D eigenvalue weighted by molar-refractivity contribution is 6.07. The van der Waals surface area contributed by atoms with Crippen LogP contribution in [0.5, 0.6) is 0 Å². The molecule has 0 radical (unpaired) electrons. The summed E-state index contributed by atoms with van der Waals surface area (Å²) in [6.45, 7) is 7.70. The molecule has 9 nitrogen and oxygen atoms in total. The number of nitrogens with one attached hydrogen (secondary N) is 2. The molecule has 3 aliphatic rings. The largest absolute Gasteiger partial charge is 0.465 e. The van der Waals surface area contributed by atoms with Crippen molar-refractivity contribution in [3.8, 4) is 0 Å². The number of likely N-dealkylation sites (N-methyl/N-ethyl adjacent to an activating group) is 1. The Morgan fingerprint density at radius 2 is 1.53 bits per heavy atom. The Bertz CT molecular complexity index is 1100. The van der Waals surface area contributed by atoms with E-state index in [1.165, 1.54) is 0 Å². The molecule has 38 heavy (non-hydrogen) atoms. The van der Waals surface area contributed by atoms with Crippen molar-refractivity contribution in [2.75, 3.05) is 64.3 Å². The number of para-hydroxylation sites is 1. The summed E-state index contributed by atoms with van der Waals surface area (Å²) in [5.41, 5.74) is 1.56. The monoisotopic (exact) mass is 522 g/mol. The van der Waals surface area contributed by atoms with Crippen LogP contribution in [-0.4, -0.2) is 97.3 Å². The van der Waals surface area contributed by atoms with Gasteiger partial charge in [0.05, 0.1) is 11.1 Å². The van der Waals surface area contributed by atoms with Gasteiger partial charge in [-0.05, 0) is 69.5 Å². The molecule has 1 saturated carbocycles. The molecule has 1 aromatic heterocycles. The summed E-state index contributed by atoms with van der Waals surface area (Å²) in [4.78, 5) is 36.5. The van der Waals surface area contributed by atoms with Gasteiger partial charge in [-0.25, -0.2) is 9.78 Å². The van der Waals surface area contributed by atoms with Gasteiger partial charge >= 0.3 is 6.09 Å². The van der Waals surface area contributed by atoms with Crippen LogP contribution in [0.3, 0.4) is 0 Å². The van der Waals surface area contributed by atoms with Gasteiger partial charge in [0.15, 0.2) is 0 Å². The fraction of sp³-hybridized carbons (Fsp3) is 0.621. The number of piperidine rings is 1. The van der Waals surface area contributed by atoms with Crippen LogP contribution in [0.15, 0.2) is 30.3 Å². The summed E-state index contributed by atoms with van der Waals surface area (Å²) in [5, 5.41) is 15.4. The van der Waals surface area contributed by atoms with E-state index in [0.717, 1.165) is 94.5 Å². The molecule has 1 aromatic carbocycles. The number of benzene rings is 1. The molecule has 3 heterocycles. The van der Waals surface area contributed by atoms with Crippen molar-refractivity contribution in [2.24, 2.45) is 11.8 Å². The zero-order chi connectivity index (χ0) is 26.5. The van der Waals surface area contributed by atoms with Gasteiger partial charge in [-0.2, -0.15) is 0 Å². The summed E-state index contributed by atoms with van der Waals surface area (Å²) in [5.74, 6) is 1.69. The number of amides is 2. The first-order valence-electron chi connectivity index (χ1n) is 14.3. The molecule has 0 atom stereocenters. The van der Waals surface area contributed by atoms with Gasteiger partial charge in [-0.15, -0.1) is 0 Å². The first-order chi connectivity index (χ1) is 18.5. The van der Waals surface area contributed by atoms with Crippen molar-refractivity contribution in [3.63, 3.8) is 0 Å². The van der Waals surface area contributed by atoms with Gasteiger partial charge in [0.2, 0.25) is 0 Å². The molecule has 3 fully saturated rings. The number of pyridine rings is 1. The molecule has 2 saturated heterocycles. The molecular weight excluding hydrogens is 480 g/mol. The third-order valence-corrected chi connectivity index (χ3v) is 8.85. The molecule has 2 aliphatic heterocycles. The average molecular weight is 523 g/mol. The predicted octanol–water partition coefficient (Wildman–Crippen LogP) is 3.25. The van der Waals surface area contributed by atoms with Crippen molar-refractivity contribution in [1.82, 2.24) is 25.4 Å². The van der Waals surface area contributed by atoms with Crippen LogP contribution in [0.2, 0.25) is 0 Å². The smallest absolute Gasteiger partial charge is 0.404 e. The zero-order valence-corrected chi connectivity index (χ0v) is 22.6. The van der Waals surface area contributed by atoms with Crippen LogP contribution in [0.4, 0.5) is 10.6 Å². The van der Waals surface area contributed by atoms with E-state index in [2.05, 4.69) is 32.4 Å². The lowest BCUT2D eigenvalue weighted by Gasteiger charge is -2.42. The van der Waals surface area contributed by atoms with Gasteiger partial charge in [-0.1, -0.05) is 18.2 Å². The van der Waals surface area contributed by atoms with Crippen molar-refractivity contribution in [1.29, 1.82) is 0 Å². The number of fused-ring (bicyclic) bond motifs is 1. The maximum absolute atomic E-state index is 13.4. The van der Waals surface area contributed by atoms with E-state index in [1.807, 2.05) is 30.3 Å². The molecule has 0 unspecified atom stereocenters. The molecule has 206 valence electrons. The number of piperazine rings is 1. The standard InChI is InChI=1S/C29H42N6O3/c1-33-14-16-34(17-15-33)23-10-12-35(13-11-23)27-18-25(24-4-2-3-5-26(24)32-27)28(36)30-19-21-6-8-22(9-7-21)20-31-29(37)38/h2-5,18,21-23,31H,6-17,19-20H2,1H3,(H,30,36)(H,37,38). The number of rotatable bonds is 7. The number of aromatic nitrogens is 1. The summed E-state index contributed by atoms with van der Waals surface area (Å²) in [6, 6.07) is 10.6. The number of anilines is 1. The molecule has 3 N–H and O–H groups in total. The molecule has 9 heteroatoms. The van der Waals surface area contributed by atoms with Crippen LogP contribution >= 0.6 is 0 Å². The highest BCUT2D eigenvalue weighted by atomic mass is 16.4. The Kier molecular flexibility index (Phi) is 8.64. The van der Waals surface area contributed by atoms with Crippen LogP contribution in [0.1, 0.15) is 48.9 Å². The highest BCUT2D eigenvalue weighted by Gasteiger charge is 2.28. The maximum Gasteiger partial charge on any atom is 0.404 e. The van der Waals surface area contributed by atoms with E-state index in [4.69, 9.17) is 10.1 Å². The second-order valence-electron chi connectivity index (χ2n) is 11.4. The van der Waals surface area contributed by atoms with E-state index < -0.39 is 6.09 Å². The summed E-state index contributed by atoms with van der Waals surface area (Å²) < 4.78 is 0. The summed E-state index contributed by atoms with van der Waals surface area (Å²) in [6.07, 6.45) is 5.31. The maximum atomic E-state index is 13.4. The Morgan fingerprint density at radius 3 is 2.18 bits per heavy atom. The average Bonchev–Trinajstić information content (AvgIpc) is 2.95. The third kappa shape index (κ3) is 6.56. The SMILES string of the molecule is CN1CCN(C2CCN(c3cc(C(=O)NCC4CCC(CNC(=O)O)CC4)c4ccccc4n3)CC2)CC1. The van der Waals surface area contributed by atoms with Gasteiger partial charge < -0.3 is 25.5 Å². The van der Waals surface area contributed by atoms with Crippen molar-refractivity contribution < 1.29 is 14.7 Å². The first kappa shape index (κ1) is 26.7. The molecule has 2 aromatic rings. The quantitative estimate of drug-likeness (QED) is 0.513. The Balaban J connectivity index is 1.20. The number of carboxylic acid groups (broad SMARTS) is 1. The summed E-state index contributed by atoms with van der Waals surface area (Å²) in [7, 11) is 2.20. The van der Waals surface area contributed by atoms with E-state index >= 15 is 0 Å². The van der Waals surface area contributed by atoms with E-state index in [1.54, 1.807) is 0 Å². The minimum absolute atomic E-state index is 0.0353. The molecule has 0 spiro atoms. The van der Waals surface area contributed by atoms with E-state index in [-0.39, 0.29) is 5.91 Å². The number of hydrogen-bond donors (Lipinski definition) is 3. The van der Waals surface area contributed by atoms with Crippen LogP contribution < -0.4 is 15.5 Å². The minimum atomic E-state index is -0.956. The van der Waals surface area contributed by atoms with E-state index in [0.29, 0.717) is 36.5 Å². The lowest BCUT2D eigenvalue weighted by molar-refractivity contribution is 0.0942. The summed E-state index contributed by atoms with van der Waals surface area (Å²) >= 11 is 0. The Labute approximate surface area is 225 Å². The first-order valence-corrected chi connectivity index (χ1v) is 14.3. The van der Waals surface area contributed by atoms with Crippen LogP contribution in [-0.2, 0) is 0 Å². The van der Waals surface area contributed by atoms with Gasteiger partial charge in [0, 0.05) is 63.8 Å². The lowest BCUT2D eigenvalue weighted by atomic mass is 9.82. The third-order valence-electron chi connectivity index (χ3n) is 8.85. The van der Waals surface area contributed by atoms with Gasteiger partial charge in [0.1, 0.15) is 5.82 Å². The molecular formula is C29H42N6O3. The number of carbonyl (C=O) groups is 2. The van der Waals surface area contributed by atoms with Crippen molar-refractivity contribution in [2.45, 2.75) is 44.6 Å². The number of carbonyl (C=O) groups excluding carboxylic acids is 1. The predicted molar refractivity (Wildman–Crippen MR) is 150 cm³/mol. The number of hydrogen-bond acceptors (Lipinski definition) is 6. The highest BCUT2D eigenvalue weighted by Crippen LogP contribution is 2.29. The Hall–Kier alpha value is -2.91. The fourth-order valence-corrected chi connectivity index (χ4v) is 6.36. The normalized spacial score (nSPS) is 23.9. The van der Waals surface area contributed by atoms with E-state index in [9.17, 15) is 9.59 Å². The fourth-order valence-electron chi connectivity index (χ4n) is 6.36. The lowest BCUT2D eigenvalue weighted by Crippen LogP contribution is -2.52. The second-order valence-corrected chi connectivity index (χ2v) is 11.4. The Morgan fingerprint density at radius 1 is 0.895 bits per heavy atom. The number of nitrogens with zero attached hydrogens (tertiary/aromatic N) is 4. The molecule has 1 aliphatic carbocycles. The second kappa shape index (κ2) is 12.3. The molecule has 5 rings (SSSR count). The van der Waals surface area contributed by atoms with Crippen LogP contribution in [0.25, 0.3) is 10.9 Å².